The minimum absolute atomic E-state index is 0.375. The van der Waals surface area contributed by atoms with Crippen molar-refractivity contribution in [3.63, 3.8) is 0 Å². The van der Waals surface area contributed by atoms with E-state index in [1.54, 1.807) is 35.3 Å². The van der Waals surface area contributed by atoms with Crippen molar-refractivity contribution < 1.29 is 4.74 Å². The molecule has 1 aromatic carbocycles. The van der Waals surface area contributed by atoms with E-state index < -0.39 is 0 Å². The molecular weight excluding hydrogens is 354 g/mol. The fourth-order valence-electron chi connectivity index (χ4n) is 2.81. The third-order valence-electron chi connectivity index (χ3n) is 4.42. The molecule has 0 unspecified atom stereocenters. The minimum Gasteiger partial charge on any atom is -0.438 e. The standard InChI is InChI=1S/C20H23N7O/c1-4-27(5-2)18-9-19(26(3)25-18)28-17-8-14(10-21)6-7-16(17)20-23-12-15(11-22)13-24-20/h6-9,12-13H,4-5,11,22H2,1-3H3. The number of nitrogens with zero attached hydrogens (tertiary/aromatic N) is 6. The van der Waals surface area contributed by atoms with Crippen LogP contribution in [0.15, 0.2) is 36.7 Å². The van der Waals surface area contributed by atoms with Crippen LogP contribution in [-0.2, 0) is 13.6 Å². The summed E-state index contributed by atoms with van der Waals surface area (Å²) in [6.45, 7) is 6.23. The summed E-state index contributed by atoms with van der Waals surface area (Å²) in [5.74, 6) is 2.40. The second-order valence-electron chi connectivity index (χ2n) is 6.18. The van der Waals surface area contributed by atoms with Gasteiger partial charge in [-0.15, -0.1) is 0 Å². The first-order valence-corrected chi connectivity index (χ1v) is 9.11. The molecule has 0 saturated carbocycles. The van der Waals surface area contributed by atoms with Crippen molar-refractivity contribution in [1.29, 1.82) is 5.26 Å². The Labute approximate surface area is 164 Å². The predicted molar refractivity (Wildman–Crippen MR) is 107 cm³/mol. The number of aryl methyl sites for hydroxylation is 1. The fourth-order valence-corrected chi connectivity index (χ4v) is 2.81. The van der Waals surface area contributed by atoms with Gasteiger partial charge in [-0.05, 0) is 32.0 Å². The van der Waals surface area contributed by atoms with Crippen LogP contribution in [0.2, 0.25) is 0 Å². The quantitative estimate of drug-likeness (QED) is 0.675. The van der Waals surface area contributed by atoms with E-state index in [4.69, 9.17) is 10.5 Å². The van der Waals surface area contributed by atoms with E-state index in [9.17, 15) is 5.26 Å². The molecule has 28 heavy (non-hydrogen) atoms. The van der Waals surface area contributed by atoms with Crippen molar-refractivity contribution in [2.24, 2.45) is 12.8 Å². The van der Waals surface area contributed by atoms with Crippen molar-refractivity contribution in [3.8, 4) is 29.1 Å². The third-order valence-corrected chi connectivity index (χ3v) is 4.42. The summed E-state index contributed by atoms with van der Waals surface area (Å²) in [7, 11) is 1.82. The van der Waals surface area contributed by atoms with Crippen molar-refractivity contribution >= 4 is 5.82 Å². The molecule has 0 aliphatic carbocycles. The molecule has 2 N–H and O–H groups in total. The number of anilines is 1. The largest absolute Gasteiger partial charge is 0.438 e. The van der Waals surface area contributed by atoms with E-state index in [-0.39, 0.29) is 0 Å². The number of hydrogen-bond donors (Lipinski definition) is 1. The molecule has 3 rings (SSSR count). The van der Waals surface area contributed by atoms with Gasteiger partial charge >= 0.3 is 0 Å². The zero-order valence-electron chi connectivity index (χ0n) is 16.3. The van der Waals surface area contributed by atoms with Crippen LogP contribution in [0.4, 0.5) is 5.82 Å². The zero-order valence-corrected chi connectivity index (χ0v) is 16.3. The molecule has 0 aliphatic heterocycles. The molecule has 0 saturated heterocycles. The Morgan fingerprint density at radius 2 is 1.89 bits per heavy atom. The highest BCUT2D eigenvalue weighted by Gasteiger charge is 2.16. The molecule has 0 fully saturated rings. The summed E-state index contributed by atoms with van der Waals surface area (Å²) in [6.07, 6.45) is 3.37. The third kappa shape index (κ3) is 3.94. The second-order valence-corrected chi connectivity index (χ2v) is 6.18. The average Bonchev–Trinajstić information content (AvgIpc) is 3.09. The minimum atomic E-state index is 0.375. The maximum atomic E-state index is 9.28. The van der Waals surface area contributed by atoms with Gasteiger partial charge in [0, 0.05) is 50.7 Å². The van der Waals surface area contributed by atoms with Crippen LogP contribution < -0.4 is 15.4 Å². The van der Waals surface area contributed by atoms with Crippen LogP contribution in [0.5, 0.6) is 11.6 Å². The molecule has 144 valence electrons. The van der Waals surface area contributed by atoms with Gasteiger partial charge < -0.3 is 15.4 Å². The van der Waals surface area contributed by atoms with Gasteiger partial charge in [0.05, 0.1) is 17.2 Å². The molecule has 0 atom stereocenters. The lowest BCUT2D eigenvalue weighted by Gasteiger charge is -2.16. The smallest absolute Gasteiger partial charge is 0.219 e. The summed E-state index contributed by atoms with van der Waals surface area (Å²) in [4.78, 5) is 10.9. The highest BCUT2D eigenvalue weighted by Crippen LogP contribution is 2.33. The van der Waals surface area contributed by atoms with Gasteiger partial charge in [-0.1, -0.05) is 0 Å². The Morgan fingerprint density at radius 1 is 1.18 bits per heavy atom. The molecule has 8 nitrogen and oxygen atoms in total. The number of nitrogens with two attached hydrogens (primary N) is 1. The predicted octanol–water partition coefficient (Wildman–Crippen LogP) is 2.85. The Balaban J connectivity index is 2.00. The van der Waals surface area contributed by atoms with E-state index in [1.165, 1.54) is 0 Å². The van der Waals surface area contributed by atoms with Crippen LogP contribution in [0.1, 0.15) is 25.0 Å². The van der Waals surface area contributed by atoms with Crippen LogP contribution in [0.25, 0.3) is 11.4 Å². The topological polar surface area (TPSA) is 106 Å². The Bertz CT molecular complexity index is 985. The lowest BCUT2D eigenvalue weighted by Crippen LogP contribution is -2.22. The van der Waals surface area contributed by atoms with E-state index in [1.807, 2.05) is 13.1 Å². The SMILES string of the molecule is CCN(CC)c1cc(Oc2cc(C#N)ccc2-c2ncc(CN)cn2)n(C)n1. The molecular formula is C20H23N7O. The first kappa shape index (κ1) is 19.3. The van der Waals surface area contributed by atoms with Gasteiger partial charge in [0.15, 0.2) is 11.6 Å². The fraction of sp³-hybridized carbons (Fsp3) is 0.300. The number of hydrogen-bond acceptors (Lipinski definition) is 7. The van der Waals surface area contributed by atoms with Crippen LogP contribution >= 0.6 is 0 Å². The van der Waals surface area contributed by atoms with E-state index in [2.05, 4.69) is 39.9 Å². The van der Waals surface area contributed by atoms with Gasteiger partial charge in [0.2, 0.25) is 5.88 Å². The lowest BCUT2D eigenvalue weighted by atomic mass is 10.1. The van der Waals surface area contributed by atoms with Crippen LogP contribution in [-0.4, -0.2) is 32.8 Å². The Hall–Kier alpha value is -3.44. The van der Waals surface area contributed by atoms with E-state index >= 15 is 0 Å². The molecule has 0 aliphatic rings. The molecule has 3 aromatic rings. The number of benzene rings is 1. The molecule has 2 aromatic heterocycles. The number of nitriles is 1. The molecule has 2 heterocycles. The van der Waals surface area contributed by atoms with Crippen molar-refractivity contribution in [2.75, 3.05) is 18.0 Å². The van der Waals surface area contributed by atoms with E-state index in [0.717, 1.165) is 24.5 Å². The van der Waals surface area contributed by atoms with Gasteiger partial charge in [-0.3, -0.25) is 0 Å². The van der Waals surface area contributed by atoms with Gasteiger partial charge in [0.1, 0.15) is 5.75 Å². The summed E-state index contributed by atoms with van der Waals surface area (Å²) >= 11 is 0. The summed E-state index contributed by atoms with van der Waals surface area (Å²) < 4.78 is 7.81. The average molecular weight is 377 g/mol. The maximum Gasteiger partial charge on any atom is 0.219 e. The monoisotopic (exact) mass is 377 g/mol. The van der Waals surface area contributed by atoms with Crippen LogP contribution in [0, 0.1) is 11.3 Å². The van der Waals surface area contributed by atoms with Crippen molar-refractivity contribution in [3.05, 3.63) is 47.8 Å². The first-order valence-electron chi connectivity index (χ1n) is 9.11. The Kier molecular flexibility index (Phi) is 5.87. The van der Waals surface area contributed by atoms with Crippen LogP contribution in [0.3, 0.4) is 0 Å². The summed E-state index contributed by atoms with van der Waals surface area (Å²) in [5.41, 5.74) is 7.64. The molecule has 0 amide bonds. The van der Waals surface area contributed by atoms with Gasteiger partial charge in [0.25, 0.3) is 0 Å². The molecule has 8 heteroatoms. The lowest BCUT2D eigenvalue weighted by molar-refractivity contribution is 0.432. The number of rotatable bonds is 7. The van der Waals surface area contributed by atoms with Crippen molar-refractivity contribution in [2.45, 2.75) is 20.4 Å². The molecule has 0 bridgehead atoms. The summed E-state index contributed by atoms with van der Waals surface area (Å²) in [5, 5.41) is 13.8. The number of aromatic nitrogens is 4. The Morgan fingerprint density at radius 3 is 2.50 bits per heavy atom. The first-order chi connectivity index (χ1) is 13.6. The number of ether oxygens (including phenoxy) is 1. The van der Waals surface area contributed by atoms with Gasteiger partial charge in [-0.25, -0.2) is 14.6 Å². The molecule has 0 spiro atoms. The van der Waals surface area contributed by atoms with Crippen molar-refractivity contribution in [1.82, 2.24) is 19.7 Å². The van der Waals surface area contributed by atoms with Gasteiger partial charge in [-0.2, -0.15) is 10.4 Å². The van der Waals surface area contributed by atoms with E-state index in [0.29, 0.717) is 35.1 Å². The normalized spacial score (nSPS) is 10.5. The second kappa shape index (κ2) is 8.50. The zero-order chi connectivity index (χ0) is 20.1. The maximum absolute atomic E-state index is 9.28. The summed E-state index contributed by atoms with van der Waals surface area (Å²) in [6, 6.07) is 9.20. The highest BCUT2D eigenvalue weighted by molar-refractivity contribution is 5.66. The highest BCUT2D eigenvalue weighted by atomic mass is 16.5. The molecule has 0 radical (unpaired) electrons.